The van der Waals surface area contributed by atoms with Crippen molar-refractivity contribution in [3.05, 3.63) is 106 Å². The topological polar surface area (TPSA) is 61.2 Å². The summed E-state index contributed by atoms with van der Waals surface area (Å²) in [6.07, 6.45) is 1.89. The summed E-state index contributed by atoms with van der Waals surface area (Å²) in [5, 5.41) is 3.53. The molecule has 0 saturated carbocycles. The van der Waals surface area contributed by atoms with Crippen molar-refractivity contribution in [1.29, 1.82) is 0 Å². The zero-order valence-corrected chi connectivity index (χ0v) is 19.6. The van der Waals surface area contributed by atoms with Crippen molar-refractivity contribution < 1.29 is 14.3 Å². The van der Waals surface area contributed by atoms with Gasteiger partial charge >= 0.3 is 5.91 Å². The zero-order valence-electron chi connectivity index (χ0n) is 18.9. The highest BCUT2D eigenvalue weighted by Gasteiger charge is 2.47. The van der Waals surface area contributed by atoms with E-state index in [0.717, 1.165) is 16.7 Å². The summed E-state index contributed by atoms with van der Waals surface area (Å²) < 4.78 is 1.76. The number of hydrazone groups is 1. The van der Waals surface area contributed by atoms with Gasteiger partial charge in [0.2, 0.25) is 12.3 Å². The second-order valence-electron chi connectivity index (χ2n) is 8.65. The Balaban J connectivity index is 1.68. The molecule has 6 heteroatoms. The fraction of sp³-hybridized carbons (Fsp3) is 0.222. The summed E-state index contributed by atoms with van der Waals surface area (Å²) in [6, 6.07) is 21.6. The third-order valence-electron chi connectivity index (χ3n) is 5.84. The van der Waals surface area contributed by atoms with Crippen molar-refractivity contribution >= 4 is 29.6 Å². The van der Waals surface area contributed by atoms with Crippen LogP contribution in [0.5, 0.6) is 0 Å². The van der Waals surface area contributed by atoms with Gasteiger partial charge in [0.1, 0.15) is 0 Å². The molecule has 1 fully saturated rings. The molecule has 1 heterocycles. The molecule has 0 aliphatic carbocycles. The number of carbonyl (C=O) groups is 2. The van der Waals surface area contributed by atoms with Gasteiger partial charge in [0.05, 0.1) is 0 Å². The van der Waals surface area contributed by atoms with Crippen molar-refractivity contribution in [3.8, 4) is 0 Å². The molecule has 2 atom stereocenters. The summed E-state index contributed by atoms with van der Waals surface area (Å²) in [4.78, 5) is 25.9. The number of rotatable bonds is 5. The van der Waals surface area contributed by atoms with Crippen LogP contribution in [0.1, 0.15) is 58.4 Å². The van der Waals surface area contributed by atoms with E-state index in [1.54, 1.807) is 28.9 Å². The van der Waals surface area contributed by atoms with E-state index in [0.29, 0.717) is 16.5 Å². The van der Waals surface area contributed by atoms with Crippen LogP contribution < -0.4 is 10.7 Å². The first-order valence-electron chi connectivity index (χ1n) is 11.0. The number of nitrogens with zero attached hydrogens (tertiary/aromatic N) is 1. The van der Waals surface area contributed by atoms with E-state index in [1.807, 2.05) is 49.5 Å². The summed E-state index contributed by atoms with van der Waals surface area (Å²) in [7, 11) is 0. The molecular formula is C27H27ClN3O2+. The van der Waals surface area contributed by atoms with Crippen molar-refractivity contribution in [2.45, 2.75) is 38.8 Å². The molecule has 2 N–H and O–H groups in total. The van der Waals surface area contributed by atoms with E-state index in [4.69, 9.17) is 11.6 Å². The van der Waals surface area contributed by atoms with Gasteiger partial charge in [0.25, 0.3) is 5.91 Å². The zero-order chi connectivity index (χ0) is 23.5. The van der Waals surface area contributed by atoms with Crippen LogP contribution in [0.25, 0.3) is 0 Å². The maximum absolute atomic E-state index is 13.0. The van der Waals surface area contributed by atoms with Gasteiger partial charge in [-0.15, -0.1) is 10.1 Å². The van der Waals surface area contributed by atoms with Gasteiger partial charge in [-0.2, -0.15) is 0 Å². The first kappa shape index (κ1) is 22.7. The Hall–Kier alpha value is -3.44. The number of benzene rings is 3. The summed E-state index contributed by atoms with van der Waals surface area (Å²) >= 11 is 6.09. The molecular weight excluding hydrogens is 434 g/mol. The van der Waals surface area contributed by atoms with Crippen LogP contribution in [0, 0.1) is 6.92 Å². The van der Waals surface area contributed by atoms with Crippen LogP contribution in [-0.2, 0) is 4.79 Å². The fourth-order valence-electron chi connectivity index (χ4n) is 3.90. The van der Waals surface area contributed by atoms with E-state index < -0.39 is 12.1 Å². The molecule has 3 aromatic carbocycles. The minimum absolute atomic E-state index is 0.273. The van der Waals surface area contributed by atoms with Gasteiger partial charge < -0.3 is 5.32 Å². The molecule has 1 saturated heterocycles. The quantitative estimate of drug-likeness (QED) is 0.538. The van der Waals surface area contributed by atoms with Crippen LogP contribution in [-0.4, -0.2) is 28.8 Å². The van der Waals surface area contributed by atoms with Crippen molar-refractivity contribution in [1.82, 2.24) is 10.7 Å². The Labute approximate surface area is 199 Å². The highest BCUT2D eigenvalue weighted by Crippen LogP contribution is 2.27. The lowest BCUT2D eigenvalue weighted by atomic mass is 9.99. The number of hydrazine groups is 1. The van der Waals surface area contributed by atoms with Crippen LogP contribution in [0.3, 0.4) is 0 Å². The standard InChI is InChI=1S/C27H26ClN3O2/c1-17(2)20-10-6-19(7-11-20)16-31-25(21-12-14-23(28)15-13-21)24(27(33)30-31)29-26(32)22-8-4-18(3)5-9-22/h4-17,24-25H,1-3H3,(H-,29,30,32,33)/p+1/b31-16-/t24-,25+/m0/s1. The molecule has 5 nitrogen and oxygen atoms in total. The largest absolute Gasteiger partial charge is 0.334 e. The van der Waals surface area contributed by atoms with E-state index in [-0.39, 0.29) is 11.8 Å². The first-order chi connectivity index (χ1) is 15.8. The normalized spacial score (nSPS) is 19.1. The van der Waals surface area contributed by atoms with E-state index in [2.05, 4.69) is 36.7 Å². The highest BCUT2D eigenvalue weighted by molar-refractivity contribution is 6.30. The minimum atomic E-state index is -0.772. The number of carbonyl (C=O) groups excluding carboxylic acids is 2. The predicted molar refractivity (Wildman–Crippen MR) is 131 cm³/mol. The number of nitrogens with one attached hydrogen (secondary N) is 2. The monoisotopic (exact) mass is 460 g/mol. The SMILES string of the molecule is Cc1ccc(C(=O)N[C@@H]2C(=O)N/[N+](=C\c3ccc(C(C)C)cc3)[C@@H]2c2ccc(Cl)cc2)cc1. The van der Waals surface area contributed by atoms with Crippen molar-refractivity contribution in [2.75, 3.05) is 0 Å². The maximum Gasteiger partial charge on any atom is 0.304 e. The van der Waals surface area contributed by atoms with E-state index in [9.17, 15) is 9.59 Å². The lowest BCUT2D eigenvalue weighted by molar-refractivity contribution is -0.596. The van der Waals surface area contributed by atoms with Gasteiger partial charge in [-0.1, -0.05) is 67.4 Å². The Bertz CT molecular complexity index is 1180. The highest BCUT2D eigenvalue weighted by atomic mass is 35.5. The average molecular weight is 461 g/mol. The second kappa shape index (κ2) is 9.59. The molecule has 0 radical (unpaired) electrons. The smallest absolute Gasteiger partial charge is 0.304 e. The van der Waals surface area contributed by atoms with Gasteiger partial charge in [-0.05, 0) is 54.8 Å². The van der Waals surface area contributed by atoms with Crippen LogP contribution >= 0.6 is 11.6 Å². The Morgan fingerprint density at radius 3 is 2.24 bits per heavy atom. The lowest BCUT2D eigenvalue weighted by Gasteiger charge is -2.15. The van der Waals surface area contributed by atoms with Crippen molar-refractivity contribution in [3.63, 3.8) is 0 Å². The molecule has 2 amide bonds. The summed E-state index contributed by atoms with van der Waals surface area (Å²) in [5.74, 6) is -0.128. The van der Waals surface area contributed by atoms with Crippen molar-refractivity contribution in [2.24, 2.45) is 0 Å². The molecule has 168 valence electrons. The van der Waals surface area contributed by atoms with Gasteiger partial charge in [0, 0.05) is 21.7 Å². The molecule has 0 bridgehead atoms. The predicted octanol–water partition coefficient (Wildman–Crippen LogP) is 4.79. The summed E-state index contributed by atoms with van der Waals surface area (Å²) in [5.41, 5.74) is 7.54. The molecule has 0 unspecified atom stereocenters. The Kier molecular flexibility index (Phi) is 6.61. The van der Waals surface area contributed by atoms with Gasteiger partial charge in [0.15, 0.2) is 6.04 Å². The molecule has 1 aliphatic rings. The van der Waals surface area contributed by atoms with Crippen LogP contribution in [0.15, 0.2) is 72.8 Å². The number of aryl methyl sites for hydroxylation is 1. The average Bonchev–Trinajstić information content (AvgIpc) is 3.09. The molecule has 3 aromatic rings. The number of amides is 2. The molecule has 0 aromatic heterocycles. The van der Waals surface area contributed by atoms with Crippen LogP contribution in [0.4, 0.5) is 0 Å². The van der Waals surface area contributed by atoms with Crippen LogP contribution in [0.2, 0.25) is 5.02 Å². The Morgan fingerprint density at radius 2 is 1.64 bits per heavy atom. The first-order valence-corrected chi connectivity index (χ1v) is 11.4. The van der Waals surface area contributed by atoms with Gasteiger partial charge in [-0.25, -0.2) is 0 Å². The maximum atomic E-state index is 13.0. The third kappa shape index (κ3) is 5.15. The minimum Gasteiger partial charge on any atom is -0.334 e. The molecule has 1 aliphatic heterocycles. The number of halogens is 1. The lowest BCUT2D eigenvalue weighted by Crippen LogP contribution is -2.42. The van der Waals surface area contributed by atoms with Gasteiger partial charge in [-0.3, -0.25) is 9.59 Å². The van der Waals surface area contributed by atoms with E-state index >= 15 is 0 Å². The summed E-state index contributed by atoms with van der Waals surface area (Å²) in [6.45, 7) is 6.26. The molecule has 0 spiro atoms. The number of hydrogen-bond donors (Lipinski definition) is 2. The Morgan fingerprint density at radius 1 is 1.00 bits per heavy atom. The fourth-order valence-corrected chi connectivity index (χ4v) is 4.02. The third-order valence-corrected chi connectivity index (χ3v) is 6.09. The molecule has 33 heavy (non-hydrogen) atoms. The van der Waals surface area contributed by atoms with E-state index in [1.165, 1.54) is 5.56 Å². The second-order valence-corrected chi connectivity index (χ2v) is 9.08. The number of hydrogen-bond acceptors (Lipinski definition) is 2. The molecule has 4 rings (SSSR count).